The van der Waals surface area contributed by atoms with Gasteiger partial charge in [-0.3, -0.25) is 19.3 Å². The molecule has 2 aliphatic heterocycles. The summed E-state index contributed by atoms with van der Waals surface area (Å²) in [5.74, 6) is -2.54. The van der Waals surface area contributed by atoms with Gasteiger partial charge in [0.15, 0.2) is 0 Å². The fourth-order valence-electron chi connectivity index (χ4n) is 7.29. The second kappa shape index (κ2) is 14.9. The van der Waals surface area contributed by atoms with E-state index in [1.54, 1.807) is 43.4 Å². The number of likely N-dealkylation sites (tertiary alicyclic amines) is 2. The largest absolute Gasteiger partial charge is 0.481 e. The van der Waals surface area contributed by atoms with Crippen LogP contribution in [0.15, 0.2) is 47.1 Å². The second-order valence-corrected chi connectivity index (χ2v) is 13.3. The maximum absolute atomic E-state index is 15.5. The van der Waals surface area contributed by atoms with Crippen molar-refractivity contribution >= 4 is 46.0 Å². The van der Waals surface area contributed by atoms with Gasteiger partial charge >= 0.3 is 5.97 Å². The van der Waals surface area contributed by atoms with Crippen molar-refractivity contribution in [2.75, 3.05) is 45.8 Å². The van der Waals surface area contributed by atoms with Crippen molar-refractivity contribution in [3.05, 3.63) is 64.6 Å². The third-order valence-corrected chi connectivity index (χ3v) is 10.4. The highest BCUT2D eigenvalue weighted by Crippen LogP contribution is 2.32. The lowest BCUT2D eigenvalue weighted by Crippen LogP contribution is -2.41. The smallest absolute Gasteiger partial charge is 0.306 e. The molecule has 13 heteroatoms. The minimum absolute atomic E-state index is 0.0353. The van der Waals surface area contributed by atoms with E-state index in [-0.39, 0.29) is 64.9 Å². The number of nitrogens with zero attached hydrogens (tertiary/aromatic N) is 2. The Morgan fingerprint density at radius 1 is 1.04 bits per heavy atom. The number of carbonyl (C=O) groups is 3. The Morgan fingerprint density at radius 3 is 2.44 bits per heavy atom. The maximum atomic E-state index is 15.5. The molecule has 2 amide bonds. The maximum Gasteiger partial charge on any atom is 0.306 e. The summed E-state index contributed by atoms with van der Waals surface area (Å²) in [6, 6.07) is 9.38. The Hall–Kier alpha value is -3.55. The van der Waals surface area contributed by atoms with Crippen LogP contribution in [0.3, 0.4) is 0 Å². The summed E-state index contributed by atoms with van der Waals surface area (Å²) < 4.78 is 38.5. The average molecular weight is 686 g/mol. The number of carboxylic acids is 1. The molecule has 0 radical (unpaired) electrons. The first-order valence-corrected chi connectivity index (χ1v) is 16.7. The summed E-state index contributed by atoms with van der Waals surface area (Å²) >= 11 is 6.51. The van der Waals surface area contributed by atoms with Gasteiger partial charge in [-0.15, -0.1) is 0 Å². The molecule has 6 rings (SSSR count). The van der Waals surface area contributed by atoms with Gasteiger partial charge < -0.3 is 34.0 Å². The van der Waals surface area contributed by atoms with Gasteiger partial charge in [0.05, 0.1) is 59.6 Å². The Bertz CT molecular complexity index is 1630. The van der Waals surface area contributed by atoms with Gasteiger partial charge in [-0.1, -0.05) is 29.8 Å². The van der Waals surface area contributed by atoms with Crippen LogP contribution in [-0.4, -0.2) is 104 Å². The lowest BCUT2D eigenvalue weighted by molar-refractivity contribution is -0.144. The number of amides is 2. The zero-order chi connectivity index (χ0) is 33.9. The third kappa shape index (κ3) is 7.37. The molecule has 0 unspecified atom stereocenters. The number of fused-ring (bicyclic) bond motifs is 1. The van der Waals surface area contributed by atoms with E-state index in [9.17, 15) is 19.5 Å². The monoisotopic (exact) mass is 685 g/mol. The number of carboxylic acid groups (broad SMARTS) is 1. The van der Waals surface area contributed by atoms with E-state index in [2.05, 4.69) is 10.2 Å². The first-order chi connectivity index (χ1) is 23.1. The van der Waals surface area contributed by atoms with Crippen LogP contribution >= 0.6 is 11.6 Å². The number of furan rings is 1. The minimum atomic E-state index is -0.771. The number of halogens is 2. The van der Waals surface area contributed by atoms with Crippen molar-refractivity contribution in [3.8, 4) is 0 Å². The topological polar surface area (TPSA) is 131 Å². The van der Waals surface area contributed by atoms with Crippen LogP contribution in [0.4, 0.5) is 10.1 Å². The van der Waals surface area contributed by atoms with Crippen molar-refractivity contribution < 1.29 is 42.5 Å². The lowest BCUT2D eigenvalue weighted by Gasteiger charge is -2.30. The minimum Gasteiger partial charge on any atom is -0.481 e. The highest BCUT2D eigenvalue weighted by Gasteiger charge is 2.43. The molecule has 258 valence electrons. The molecular weight excluding hydrogens is 645 g/mol. The van der Waals surface area contributed by atoms with E-state index in [1.807, 2.05) is 0 Å². The molecular formula is C35H41ClFN3O8. The van der Waals surface area contributed by atoms with Gasteiger partial charge in [-0.05, 0) is 55.9 Å². The lowest BCUT2D eigenvalue weighted by atomic mass is 9.87. The van der Waals surface area contributed by atoms with E-state index < -0.39 is 17.7 Å². The Morgan fingerprint density at radius 2 is 1.75 bits per heavy atom. The van der Waals surface area contributed by atoms with Crippen molar-refractivity contribution in [1.82, 2.24) is 9.80 Å². The van der Waals surface area contributed by atoms with Crippen LogP contribution in [0, 0.1) is 11.7 Å². The van der Waals surface area contributed by atoms with Crippen LogP contribution in [0.5, 0.6) is 0 Å². The third-order valence-electron chi connectivity index (χ3n) is 10.1. The van der Waals surface area contributed by atoms with Gasteiger partial charge in [-0.25, -0.2) is 4.39 Å². The van der Waals surface area contributed by atoms with Crippen LogP contribution in [-0.2, 0) is 30.2 Å². The fraction of sp³-hybridized carbons (Fsp3) is 0.514. The molecule has 3 aliphatic rings. The van der Waals surface area contributed by atoms with Crippen molar-refractivity contribution in [2.24, 2.45) is 5.92 Å². The Kier molecular flexibility index (Phi) is 10.7. The van der Waals surface area contributed by atoms with Crippen LogP contribution in [0.1, 0.15) is 48.0 Å². The average Bonchev–Trinajstić information content (AvgIpc) is 3.83. The standard InChI is InChI=1S/C35H41ClFN3O8/c1-45-31-16-39(17-32(31)46-2)22-13-23(18-47-24-9-7-20(8-10-24)35(43)44)40(15-22)33(41)12-21-11-27(36)29(14-28(21)37)38-34(42)26-19-48-30-6-4-3-5-25(26)30/h3-6,11,14,19-20,22-24,31-32H,7-10,12-13,15-18H2,1-2H3,(H,38,42)(H,43,44)/t20-,22-,23-,24-,31-,32+/m0/s1. The van der Waals surface area contributed by atoms with Gasteiger partial charge in [0.2, 0.25) is 5.91 Å². The number of nitrogens with one attached hydrogen (secondary N) is 1. The first-order valence-electron chi connectivity index (χ1n) is 16.3. The molecule has 3 heterocycles. The normalized spacial score (nSPS) is 26.3. The number of carbonyl (C=O) groups excluding carboxylic acids is 2. The zero-order valence-corrected chi connectivity index (χ0v) is 27.8. The highest BCUT2D eigenvalue weighted by atomic mass is 35.5. The van der Waals surface area contributed by atoms with Gasteiger partial charge in [0.1, 0.15) is 17.7 Å². The number of aliphatic carboxylic acids is 1. The Balaban J connectivity index is 1.14. The molecule has 11 nitrogen and oxygen atoms in total. The SMILES string of the molecule is CO[C@H]1CN([C@H]2C[C@@H](CO[C@H]3CC[C@H](C(=O)O)CC3)N(C(=O)Cc3cc(Cl)c(NC(=O)c4coc5ccccc45)cc3F)C2)C[C@H]1OC. The number of anilines is 1. The number of hydrogen-bond acceptors (Lipinski definition) is 8. The summed E-state index contributed by atoms with van der Waals surface area (Å²) in [5.41, 5.74) is 1.04. The summed E-state index contributed by atoms with van der Waals surface area (Å²) in [4.78, 5) is 42.3. The van der Waals surface area contributed by atoms with Gasteiger partial charge in [0, 0.05) is 45.3 Å². The second-order valence-electron chi connectivity index (χ2n) is 12.9. The number of ether oxygens (including phenoxy) is 3. The van der Waals surface area contributed by atoms with Gasteiger partial charge in [-0.2, -0.15) is 0 Å². The van der Waals surface area contributed by atoms with E-state index in [4.69, 9.17) is 30.2 Å². The predicted octanol–water partition coefficient (Wildman–Crippen LogP) is 5.00. The summed E-state index contributed by atoms with van der Waals surface area (Å²) in [5, 5.41) is 12.7. The molecule has 0 bridgehead atoms. The molecule has 0 spiro atoms. The van der Waals surface area contributed by atoms with Crippen molar-refractivity contribution in [3.63, 3.8) is 0 Å². The number of hydrogen-bond donors (Lipinski definition) is 2. The molecule has 48 heavy (non-hydrogen) atoms. The zero-order valence-electron chi connectivity index (χ0n) is 27.0. The quantitative estimate of drug-likeness (QED) is 0.287. The number of rotatable bonds is 11. The van der Waals surface area contributed by atoms with Crippen LogP contribution in [0.25, 0.3) is 11.0 Å². The molecule has 1 saturated carbocycles. The Labute approximate surface area is 283 Å². The molecule has 2 saturated heterocycles. The van der Waals surface area contributed by atoms with E-state index >= 15 is 4.39 Å². The van der Waals surface area contributed by atoms with Crippen molar-refractivity contribution in [1.29, 1.82) is 0 Å². The highest BCUT2D eigenvalue weighted by molar-refractivity contribution is 6.34. The van der Waals surface area contributed by atoms with E-state index in [0.29, 0.717) is 74.9 Å². The first kappa shape index (κ1) is 34.3. The molecule has 3 aromatic rings. The van der Waals surface area contributed by atoms with Gasteiger partial charge in [0.25, 0.3) is 5.91 Å². The molecule has 2 N–H and O–H groups in total. The van der Waals surface area contributed by atoms with Crippen LogP contribution in [0.2, 0.25) is 5.02 Å². The van der Waals surface area contributed by atoms with Crippen molar-refractivity contribution in [2.45, 2.75) is 68.9 Å². The molecule has 1 aliphatic carbocycles. The molecule has 3 fully saturated rings. The predicted molar refractivity (Wildman–Crippen MR) is 176 cm³/mol. The molecule has 2 aromatic carbocycles. The number of benzene rings is 2. The summed E-state index contributed by atoms with van der Waals surface area (Å²) in [6.07, 6.45) is 3.99. The van der Waals surface area contributed by atoms with E-state index in [0.717, 1.165) is 6.07 Å². The number of methoxy groups -OCH3 is 2. The van der Waals surface area contributed by atoms with Crippen LogP contribution < -0.4 is 5.32 Å². The molecule has 1 aromatic heterocycles. The summed E-state index contributed by atoms with van der Waals surface area (Å²) in [7, 11) is 3.33. The summed E-state index contributed by atoms with van der Waals surface area (Å²) in [6.45, 7) is 2.07. The van der Waals surface area contributed by atoms with E-state index in [1.165, 1.54) is 12.3 Å². The number of para-hydroxylation sites is 1. The molecule has 4 atom stereocenters. The fourth-order valence-corrected chi connectivity index (χ4v) is 7.53.